The van der Waals surface area contributed by atoms with Crippen LogP contribution in [0.4, 0.5) is 17.6 Å². The highest BCUT2D eigenvalue weighted by molar-refractivity contribution is 6.10. The lowest BCUT2D eigenvalue weighted by molar-refractivity contribution is 0.102. The molecule has 2 unspecified atom stereocenters. The van der Waals surface area contributed by atoms with Crippen LogP contribution in [0.2, 0.25) is 0 Å². The molecule has 0 amide bonds. The number of benzene rings is 3. The van der Waals surface area contributed by atoms with E-state index in [1.54, 1.807) is 36.4 Å². The zero-order valence-corrected chi connectivity index (χ0v) is 18.7. The Morgan fingerprint density at radius 3 is 2.34 bits per heavy atom. The molecule has 0 fully saturated rings. The molecule has 1 aliphatic carbocycles. The van der Waals surface area contributed by atoms with Crippen molar-refractivity contribution in [1.29, 1.82) is 0 Å². The molecule has 0 aliphatic heterocycles. The number of para-hydroxylation sites is 1. The predicted molar refractivity (Wildman–Crippen MR) is 123 cm³/mol. The number of Topliss-reactive ketones (excluding diaryl/α,β-unsaturated/α-hetero) is 1. The molecule has 0 N–H and O–H groups in total. The van der Waals surface area contributed by atoms with E-state index in [2.05, 4.69) is 5.92 Å². The summed E-state index contributed by atoms with van der Waals surface area (Å²) < 4.78 is 67.2. The van der Waals surface area contributed by atoms with Gasteiger partial charge in [-0.15, -0.1) is 6.42 Å². The van der Waals surface area contributed by atoms with Crippen LogP contribution in [0.3, 0.4) is 0 Å². The number of terminal acetylenes is 1. The first-order valence-electron chi connectivity index (χ1n) is 10.7. The van der Waals surface area contributed by atoms with Crippen molar-refractivity contribution in [2.45, 2.75) is 18.3 Å². The van der Waals surface area contributed by atoms with E-state index in [9.17, 15) is 22.4 Å². The second-order valence-electron chi connectivity index (χ2n) is 8.01. The molecule has 2 atom stereocenters. The van der Waals surface area contributed by atoms with Crippen molar-refractivity contribution < 1.29 is 31.8 Å². The lowest BCUT2D eigenvalue weighted by atomic mass is 9.86. The standard InChI is InChI=1S/C28H20F4O3/c1-3-11-35-28-20(5-4-6-25(28)34-2)21-12-17(16-7-9-18(29)10-8-16)13-22(21)27(33)26-23(31)14-19(30)15-24(26)32/h1,4-10,13-15,17,21H,11-12H2,2H3. The van der Waals surface area contributed by atoms with Crippen LogP contribution in [-0.2, 0) is 0 Å². The minimum atomic E-state index is -1.30. The van der Waals surface area contributed by atoms with Crippen LogP contribution in [0, 0.1) is 35.6 Å². The number of ketones is 1. The Balaban J connectivity index is 1.85. The zero-order valence-electron chi connectivity index (χ0n) is 18.7. The van der Waals surface area contributed by atoms with Gasteiger partial charge in [0.25, 0.3) is 0 Å². The number of allylic oxidation sites excluding steroid dienone is 2. The van der Waals surface area contributed by atoms with Gasteiger partial charge in [-0.25, -0.2) is 17.6 Å². The summed E-state index contributed by atoms with van der Waals surface area (Å²) in [5.74, 6) is -3.04. The molecule has 3 nitrogen and oxygen atoms in total. The van der Waals surface area contributed by atoms with Crippen molar-refractivity contribution in [2.75, 3.05) is 13.7 Å². The number of hydrogen-bond acceptors (Lipinski definition) is 3. The normalized spacial score (nSPS) is 17.0. The minimum absolute atomic E-state index is 0.0737. The fraction of sp³-hybridized carbons (Fsp3) is 0.179. The van der Waals surface area contributed by atoms with Crippen LogP contribution < -0.4 is 9.47 Å². The van der Waals surface area contributed by atoms with Crippen molar-refractivity contribution in [3.05, 3.63) is 106 Å². The monoisotopic (exact) mass is 480 g/mol. The molecule has 7 heteroatoms. The predicted octanol–water partition coefficient (Wildman–Crippen LogP) is 6.34. The molecule has 0 bridgehead atoms. The molecule has 178 valence electrons. The summed E-state index contributed by atoms with van der Waals surface area (Å²) in [6, 6.07) is 11.8. The molecule has 0 radical (unpaired) electrons. The zero-order chi connectivity index (χ0) is 25.1. The molecule has 4 rings (SSSR count). The number of halogens is 4. The van der Waals surface area contributed by atoms with Gasteiger partial charge in [-0.3, -0.25) is 4.79 Å². The quantitative estimate of drug-likeness (QED) is 0.225. The summed E-state index contributed by atoms with van der Waals surface area (Å²) in [7, 11) is 1.45. The van der Waals surface area contributed by atoms with Gasteiger partial charge in [0.1, 0.15) is 29.9 Å². The molecule has 3 aromatic carbocycles. The molecule has 3 aromatic rings. The highest BCUT2D eigenvalue weighted by atomic mass is 19.1. The summed E-state index contributed by atoms with van der Waals surface area (Å²) in [5.41, 5.74) is 0.499. The van der Waals surface area contributed by atoms with Crippen LogP contribution in [0.5, 0.6) is 11.5 Å². The maximum absolute atomic E-state index is 14.5. The fourth-order valence-corrected chi connectivity index (χ4v) is 4.39. The Morgan fingerprint density at radius 2 is 1.71 bits per heavy atom. The van der Waals surface area contributed by atoms with E-state index < -0.39 is 40.5 Å². The summed E-state index contributed by atoms with van der Waals surface area (Å²) >= 11 is 0. The molecule has 0 spiro atoms. The van der Waals surface area contributed by atoms with E-state index in [0.717, 1.165) is 0 Å². The van der Waals surface area contributed by atoms with E-state index >= 15 is 0 Å². The van der Waals surface area contributed by atoms with Gasteiger partial charge in [-0.2, -0.15) is 0 Å². The molecule has 0 saturated heterocycles. The molecule has 0 aromatic heterocycles. The lowest BCUT2D eigenvalue weighted by Crippen LogP contribution is -2.14. The Hall–Kier alpha value is -4.05. The summed E-state index contributed by atoms with van der Waals surface area (Å²) in [4.78, 5) is 13.5. The second-order valence-corrected chi connectivity index (χ2v) is 8.01. The molecular weight excluding hydrogens is 460 g/mol. The van der Waals surface area contributed by atoms with Crippen molar-refractivity contribution in [3.63, 3.8) is 0 Å². The molecule has 0 saturated carbocycles. The third kappa shape index (κ3) is 4.78. The topological polar surface area (TPSA) is 35.5 Å². The van der Waals surface area contributed by atoms with Crippen LogP contribution >= 0.6 is 0 Å². The summed E-state index contributed by atoms with van der Waals surface area (Å²) in [6.07, 6.45) is 7.29. The average Bonchev–Trinajstić information content (AvgIpc) is 3.27. The smallest absolute Gasteiger partial charge is 0.195 e. The maximum atomic E-state index is 14.5. The van der Waals surface area contributed by atoms with Gasteiger partial charge in [0.15, 0.2) is 17.3 Å². The van der Waals surface area contributed by atoms with Gasteiger partial charge in [0.05, 0.1) is 12.7 Å². The first-order valence-corrected chi connectivity index (χ1v) is 10.7. The Labute approximate surface area is 200 Å². The van der Waals surface area contributed by atoms with E-state index in [0.29, 0.717) is 41.2 Å². The average molecular weight is 480 g/mol. The highest BCUT2D eigenvalue weighted by Gasteiger charge is 2.37. The van der Waals surface area contributed by atoms with Crippen molar-refractivity contribution in [1.82, 2.24) is 0 Å². The third-order valence-electron chi connectivity index (χ3n) is 5.94. The largest absolute Gasteiger partial charge is 0.493 e. The van der Waals surface area contributed by atoms with E-state index in [-0.39, 0.29) is 18.1 Å². The lowest BCUT2D eigenvalue weighted by Gasteiger charge is -2.21. The van der Waals surface area contributed by atoms with Gasteiger partial charge in [-0.1, -0.05) is 36.3 Å². The SMILES string of the molecule is C#CCOc1c(OC)cccc1C1CC(c2ccc(F)cc2)C=C1C(=O)c1c(F)cc(F)cc1F. The Kier molecular flexibility index (Phi) is 6.92. The number of methoxy groups -OCH3 is 1. The second kappa shape index (κ2) is 10.1. The maximum Gasteiger partial charge on any atom is 0.195 e. The molecule has 35 heavy (non-hydrogen) atoms. The van der Waals surface area contributed by atoms with Crippen molar-refractivity contribution in [2.24, 2.45) is 0 Å². The fourth-order valence-electron chi connectivity index (χ4n) is 4.39. The van der Waals surface area contributed by atoms with Gasteiger partial charge in [-0.05, 0) is 30.2 Å². The van der Waals surface area contributed by atoms with Gasteiger partial charge >= 0.3 is 0 Å². The number of hydrogen-bond donors (Lipinski definition) is 0. The van der Waals surface area contributed by atoms with Gasteiger partial charge in [0.2, 0.25) is 0 Å². The molecular formula is C28H20F4O3. The number of carbonyl (C=O) groups excluding carboxylic acids is 1. The van der Waals surface area contributed by atoms with E-state index in [1.807, 2.05) is 0 Å². The number of ether oxygens (including phenoxy) is 2. The Morgan fingerprint density at radius 1 is 1.03 bits per heavy atom. The van der Waals surface area contributed by atoms with Crippen molar-refractivity contribution >= 4 is 5.78 Å². The van der Waals surface area contributed by atoms with Crippen LogP contribution in [-0.4, -0.2) is 19.5 Å². The van der Waals surface area contributed by atoms with Crippen LogP contribution in [0.25, 0.3) is 0 Å². The third-order valence-corrected chi connectivity index (χ3v) is 5.94. The number of carbonyl (C=O) groups is 1. The summed E-state index contributed by atoms with van der Waals surface area (Å²) in [5, 5.41) is 0. The first-order chi connectivity index (χ1) is 16.8. The first kappa shape index (κ1) is 24.1. The Bertz CT molecular complexity index is 1320. The van der Waals surface area contributed by atoms with E-state index in [4.69, 9.17) is 15.9 Å². The van der Waals surface area contributed by atoms with E-state index in [1.165, 1.54) is 19.2 Å². The van der Waals surface area contributed by atoms with Gasteiger partial charge < -0.3 is 9.47 Å². The van der Waals surface area contributed by atoms with Crippen LogP contribution in [0.1, 0.15) is 39.7 Å². The van der Waals surface area contributed by atoms with Crippen molar-refractivity contribution in [3.8, 4) is 23.8 Å². The molecule has 0 heterocycles. The highest BCUT2D eigenvalue weighted by Crippen LogP contribution is 2.49. The van der Waals surface area contributed by atoms with Crippen LogP contribution in [0.15, 0.2) is 66.2 Å². The minimum Gasteiger partial charge on any atom is -0.493 e. The number of rotatable bonds is 7. The summed E-state index contributed by atoms with van der Waals surface area (Å²) in [6.45, 7) is -0.0737. The van der Waals surface area contributed by atoms with Gasteiger partial charge in [0, 0.05) is 35.1 Å². The molecule has 1 aliphatic rings.